The zero-order valence-electron chi connectivity index (χ0n) is 10.4. The molecule has 1 rings (SSSR count). The first kappa shape index (κ1) is 12.9. The number of hydrogen-bond acceptors (Lipinski definition) is 3. The van der Waals surface area contributed by atoms with E-state index in [4.69, 9.17) is 0 Å². The second kappa shape index (κ2) is 5.83. The van der Waals surface area contributed by atoms with E-state index in [0.717, 1.165) is 19.6 Å². The van der Waals surface area contributed by atoms with Crippen molar-refractivity contribution in [1.82, 2.24) is 10.2 Å². The van der Waals surface area contributed by atoms with Crippen LogP contribution in [0.1, 0.15) is 33.1 Å². The summed E-state index contributed by atoms with van der Waals surface area (Å²) in [6.45, 7) is 8.47. The molecule has 3 nitrogen and oxygen atoms in total. The summed E-state index contributed by atoms with van der Waals surface area (Å²) in [4.78, 5) is 2.39. The number of likely N-dealkylation sites (N-methyl/N-ethyl adjacent to an activating group) is 1. The molecular formula is C12H26N2O. The van der Waals surface area contributed by atoms with Crippen LogP contribution in [0, 0.1) is 5.41 Å². The Bertz CT molecular complexity index is 176. The maximum atomic E-state index is 9.68. The van der Waals surface area contributed by atoms with Gasteiger partial charge in [-0.25, -0.2) is 0 Å². The molecule has 1 aliphatic rings. The third-order valence-corrected chi connectivity index (χ3v) is 3.83. The number of aliphatic hydroxyl groups excluding tert-OH is 1. The fourth-order valence-electron chi connectivity index (χ4n) is 2.23. The standard InChI is InChI=1S/C12H26N2O/c1-4-12(2)5-7-14(8-6-12)10-11(15)9-13-3/h11,13,15H,4-10H2,1-3H3. The van der Waals surface area contributed by atoms with Crippen LogP contribution in [0.25, 0.3) is 0 Å². The summed E-state index contributed by atoms with van der Waals surface area (Å²) in [6.07, 6.45) is 3.60. The monoisotopic (exact) mass is 214 g/mol. The van der Waals surface area contributed by atoms with Crippen molar-refractivity contribution < 1.29 is 5.11 Å². The second-order valence-electron chi connectivity index (χ2n) is 5.18. The highest BCUT2D eigenvalue weighted by Crippen LogP contribution is 2.33. The Balaban J connectivity index is 2.25. The number of piperidine rings is 1. The number of likely N-dealkylation sites (tertiary alicyclic amines) is 1. The Hall–Kier alpha value is -0.120. The average Bonchev–Trinajstić information content (AvgIpc) is 2.22. The summed E-state index contributed by atoms with van der Waals surface area (Å²) in [6, 6.07) is 0. The van der Waals surface area contributed by atoms with E-state index in [0.29, 0.717) is 12.0 Å². The molecule has 0 saturated carbocycles. The maximum absolute atomic E-state index is 9.68. The highest BCUT2D eigenvalue weighted by Gasteiger charge is 2.28. The van der Waals surface area contributed by atoms with Crippen LogP contribution < -0.4 is 5.32 Å². The van der Waals surface area contributed by atoms with E-state index in [9.17, 15) is 5.11 Å². The predicted molar refractivity (Wildman–Crippen MR) is 64.0 cm³/mol. The Morgan fingerprint density at radius 1 is 1.40 bits per heavy atom. The van der Waals surface area contributed by atoms with Crippen molar-refractivity contribution in [3.8, 4) is 0 Å². The van der Waals surface area contributed by atoms with Gasteiger partial charge >= 0.3 is 0 Å². The van der Waals surface area contributed by atoms with Crippen molar-refractivity contribution in [2.75, 3.05) is 33.2 Å². The van der Waals surface area contributed by atoms with Crippen molar-refractivity contribution in [3.63, 3.8) is 0 Å². The quantitative estimate of drug-likeness (QED) is 0.719. The van der Waals surface area contributed by atoms with Gasteiger partial charge in [0.05, 0.1) is 6.10 Å². The summed E-state index contributed by atoms with van der Waals surface area (Å²) >= 11 is 0. The lowest BCUT2D eigenvalue weighted by Gasteiger charge is -2.39. The molecule has 0 aromatic carbocycles. The lowest BCUT2D eigenvalue weighted by molar-refractivity contribution is 0.0636. The number of rotatable bonds is 5. The van der Waals surface area contributed by atoms with Crippen molar-refractivity contribution in [2.45, 2.75) is 39.2 Å². The minimum Gasteiger partial charge on any atom is -0.390 e. The number of hydrogen-bond donors (Lipinski definition) is 2. The number of nitrogens with one attached hydrogen (secondary N) is 1. The Kier molecular flexibility index (Phi) is 5.03. The summed E-state index contributed by atoms with van der Waals surface area (Å²) in [7, 11) is 1.88. The molecule has 90 valence electrons. The van der Waals surface area contributed by atoms with Gasteiger partial charge in [-0.3, -0.25) is 0 Å². The van der Waals surface area contributed by atoms with Gasteiger partial charge in [0, 0.05) is 13.1 Å². The fourth-order valence-corrected chi connectivity index (χ4v) is 2.23. The first-order chi connectivity index (χ1) is 7.09. The molecule has 1 atom stereocenters. The third-order valence-electron chi connectivity index (χ3n) is 3.83. The summed E-state index contributed by atoms with van der Waals surface area (Å²) in [5, 5.41) is 12.7. The topological polar surface area (TPSA) is 35.5 Å². The molecule has 1 saturated heterocycles. The largest absolute Gasteiger partial charge is 0.390 e. The first-order valence-corrected chi connectivity index (χ1v) is 6.14. The van der Waals surface area contributed by atoms with E-state index >= 15 is 0 Å². The normalized spacial score (nSPS) is 24.0. The maximum Gasteiger partial charge on any atom is 0.0791 e. The van der Waals surface area contributed by atoms with E-state index in [1.165, 1.54) is 19.3 Å². The predicted octanol–water partition coefficient (Wildman–Crippen LogP) is 1.08. The van der Waals surface area contributed by atoms with Gasteiger partial charge in [-0.15, -0.1) is 0 Å². The van der Waals surface area contributed by atoms with Crippen LogP contribution in [-0.2, 0) is 0 Å². The van der Waals surface area contributed by atoms with Crippen molar-refractivity contribution >= 4 is 0 Å². The molecule has 1 unspecified atom stereocenters. The van der Waals surface area contributed by atoms with Gasteiger partial charge in [0.25, 0.3) is 0 Å². The van der Waals surface area contributed by atoms with E-state index in [-0.39, 0.29) is 6.10 Å². The molecule has 0 aromatic heterocycles. The molecule has 0 aromatic rings. The van der Waals surface area contributed by atoms with Gasteiger partial charge in [-0.05, 0) is 38.4 Å². The van der Waals surface area contributed by atoms with Gasteiger partial charge in [-0.1, -0.05) is 20.3 Å². The lowest BCUT2D eigenvalue weighted by Crippen LogP contribution is -2.44. The number of aliphatic hydroxyl groups is 1. The van der Waals surface area contributed by atoms with Gasteiger partial charge in [0.2, 0.25) is 0 Å². The van der Waals surface area contributed by atoms with Crippen LogP contribution in [0.3, 0.4) is 0 Å². The van der Waals surface area contributed by atoms with E-state index in [2.05, 4.69) is 24.1 Å². The minimum absolute atomic E-state index is 0.221. The van der Waals surface area contributed by atoms with E-state index < -0.39 is 0 Å². The smallest absolute Gasteiger partial charge is 0.0791 e. The zero-order chi connectivity index (χ0) is 11.3. The second-order valence-corrected chi connectivity index (χ2v) is 5.18. The molecule has 15 heavy (non-hydrogen) atoms. The van der Waals surface area contributed by atoms with E-state index in [1.807, 2.05) is 7.05 Å². The molecule has 0 bridgehead atoms. The minimum atomic E-state index is -0.221. The molecule has 0 amide bonds. The molecule has 1 fully saturated rings. The van der Waals surface area contributed by atoms with Crippen molar-refractivity contribution in [2.24, 2.45) is 5.41 Å². The zero-order valence-corrected chi connectivity index (χ0v) is 10.4. The van der Waals surface area contributed by atoms with Crippen LogP contribution in [0.4, 0.5) is 0 Å². The van der Waals surface area contributed by atoms with Gasteiger partial charge in [-0.2, -0.15) is 0 Å². The van der Waals surface area contributed by atoms with Crippen molar-refractivity contribution in [3.05, 3.63) is 0 Å². The Morgan fingerprint density at radius 3 is 2.47 bits per heavy atom. The van der Waals surface area contributed by atoms with Gasteiger partial charge in [0.1, 0.15) is 0 Å². The van der Waals surface area contributed by atoms with Gasteiger partial charge < -0.3 is 15.3 Å². The molecule has 1 aliphatic heterocycles. The van der Waals surface area contributed by atoms with Crippen LogP contribution in [0.2, 0.25) is 0 Å². The van der Waals surface area contributed by atoms with Gasteiger partial charge in [0.15, 0.2) is 0 Å². The number of nitrogens with zero attached hydrogens (tertiary/aromatic N) is 1. The molecule has 0 spiro atoms. The SMILES string of the molecule is CCC1(C)CCN(CC(O)CNC)CC1. The summed E-state index contributed by atoms with van der Waals surface area (Å²) in [5.41, 5.74) is 0.546. The highest BCUT2D eigenvalue weighted by molar-refractivity contribution is 4.82. The third kappa shape index (κ3) is 4.09. The molecule has 0 radical (unpaired) electrons. The highest BCUT2D eigenvalue weighted by atomic mass is 16.3. The molecular weight excluding hydrogens is 188 g/mol. The number of β-amino-alcohol motifs (C(OH)–C–C–N with tert-alkyl or cyclic N) is 1. The Labute approximate surface area is 93.9 Å². The van der Waals surface area contributed by atoms with E-state index in [1.54, 1.807) is 0 Å². The van der Waals surface area contributed by atoms with Crippen molar-refractivity contribution in [1.29, 1.82) is 0 Å². The summed E-state index contributed by atoms with van der Waals surface area (Å²) < 4.78 is 0. The average molecular weight is 214 g/mol. The lowest BCUT2D eigenvalue weighted by atomic mass is 9.78. The fraction of sp³-hybridized carbons (Fsp3) is 1.00. The van der Waals surface area contributed by atoms with Crippen LogP contribution >= 0.6 is 0 Å². The van der Waals surface area contributed by atoms with Crippen LogP contribution in [0.15, 0.2) is 0 Å². The first-order valence-electron chi connectivity index (χ1n) is 6.14. The molecule has 0 aliphatic carbocycles. The molecule has 1 heterocycles. The van der Waals surface area contributed by atoms with Crippen LogP contribution in [0.5, 0.6) is 0 Å². The summed E-state index contributed by atoms with van der Waals surface area (Å²) in [5.74, 6) is 0. The molecule has 3 heteroatoms. The molecule has 2 N–H and O–H groups in total. The van der Waals surface area contributed by atoms with Crippen LogP contribution in [-0.4, -0.2) is 49.3 Å². The Morgan fingerprint density at radius 2 is 2.00 bits per heavy atom.